The average molecular weight is 246 g/mol. The van der Waals surface area contributed by atoms with Crippen molar-refractivity contribution in [1.29, 1.82) is 0 Å². The lowest BCUT2D eigenvalue weighted by Crippen LogP contribution is -2.01. The molecule has 1 N–H and O–H groups in total. The maximum absolute atomic E-state index is 5.75. The Morgan fingerprint density at radius 2 is 2.33 bits per heavy atom. The molecule has 0 aromatic heterocycles. The Labute approximate surface area is 99.8 Å². The second-order valence-electron chi connectivity index (χ2n) is 2.87. The zero-order chi connectivity index (χ0) is 11.1. The summed E-state index contributed by atoms with van der Waals surface area (Å²) >= 11 is 11.2. The molecule has 0 aliphatic carbocycles. The standard InChI is InChI=1S/C11H13Cl2NO/c1-2-15-11-5-3-4-10(6-11)14-8-9(13)7-12/h3-7,14H,2,8H2,1H3. The molecule has 0 amide bonds. The van der Waals surface area contributed by atoms with Crippen molar-refractivity contribution in [3.05, 3.63) is 34.8 Å². The van der Waals surface area contributed by atoms with E-state index < -0.39 is 0 Å². The van der Waals surface area contributed by atoms with E-state index >= 15 is 0 Å². The Morgan fingerprint density at radius 3 is 3.00 bits per heavy atom. The Bertz CT molecular complexity index is 339. The van der Waals surface area contributed by atoms with Crippen molar-refractivity contribution in [2.24, 2.45) is 0 Å². The first kappa shape index (κ1) is 12.2. The third-order valence-corrected chi connectivity index (χ3v) is 2.34. The normalized spacial score (nSPS) is 11.3. The Kier molecular flexibility index (Phi) is 5.37. The van der Waals surface area contributed by atoms with Gasteiger partial charge in [0, 0.05) is 22.3 Å². The van der Waals surface area contributed by atoms with Gasteiger partial charge in [-0.15, -0.1) is 0 Å². The van der Waals surface area contributed by atoms with Crippen molar-refractivity contribution < 1.29 is 4.74 Å². The highest BCUT2D eigenvalue weighted by Gasteiger charge is 1.96. The minimum absolute atomic E-state index is 0.515. The van der Waals surface area contributed by atoms with Gasteiger partial charge >= 0.3 is 0 Å². The topological polar surface area (TPSA) is 21.3 Å². The second kappa shape index (κ2) is 6.59. The van der Waals surface area contributed by atoms with E-state index in [4.69, 9.17) is 27.9 Å². The second-order valence-corrected chi connectivity index (χ2v) is 3.57. The number of nitrogens with one attached hydrogen (secondary N) is 1. The summed E-state index contributed by atoms with van der Waals surface area (Å²) in [6.45, 7) is 3.12. The number of hydrogen-bond donors (Lipinski definition) is 1. The van der Waals surface area contributed by atoms with Crippen LogP contribution in [0, 0.1) is 0 Å². The largest absolute Gasteiger partial charge is 0.494 e. The van der Waals surface area contributed by atoms with E-state index in [0.717, 1.165) is 11.4 Å². The molecule has 2 nitrogen and oxygen atoms in total. The highest BCUT2D eigenvalue weighted by molar-refractivity contribution is 6.36. The Hall–Kier alpha value is -0.860. The molecule has 0 heterocycles. The molecule has 1 rings (SSSR count). The molecule has 1 aromatic carbocycles. The molecule has 0 fully saturated rings. The molecule has 0 atom stereocenters. The molecule has 0 radical (unpaired) electrons. The number of halogens is 2. The molecule has 0 saturated heterocycles. The number of ether oxygens (including phenoxy) is 1. The zero-order valence-corrected chi connectivity index (χ0v) is 9.98. The Balaban J connectivity index is 2.57. The van der Waals surface area contributed by atoms with Crippen LogP contribution in [0.2, 0.25) is 0 Å². The molecular formula is C11H13Cl2NO. The van der Waals surface area contributed by atoms with E-state index in [0.29, 0.717) is 18.2 Å². The third-order valence-electron chi connectivity index (χ3n) is 1.72. The number of anilines is 1. The molecule has 0 saturated carbocycles. The average Bonchev–Trinajstić information content (AvgIpc) is 2.27. The van der Waals surface area contributed by atoms with Gasteiger partial charge in [0.15, 0.2) is 0 Å². The van der Waals surface area contributed by atoms with E-state index in [9.17, 15) is 0 Å². The van der Waals surface area contributed by atoms with Gasteiger partial charge in [0.25, 0.3) is 0 Å². The molecular weight excluding hydrogens is 233 g/mol. The van der Waals surface area contributed by atoms with Crippen LogP contribution in [0.25, 0.3) is 0 Å². The van der Waals surface area contributed by atoms with Gasteiger partial charge in [-0.3, -0.25) is 0 Å². The van der Waals surface area contributed by atoms with Gasteiger partial charge in [0.1, 0.15) is 5.75 Å². The quantitative estimate of drug-likeness (QED) is 0.852. The van der Waals surface area contributed by atoms with E-state index in [1.54, 1.807) is 0 Å². The lowest BCUT2D eigenvalue weighted by molar-refractivity contribution is 0.340. The monoisotopic (exact) mass is 245 g/mol. The fourth-order valence-electron chi connectivity index (χ4n) is 1.09. The van der Waals surface area contributed by atoms with Gasteiger partial charge in [-0.2, -0.15) is 0 Å². The highest BCUT2D eigenvalue weighted by atomic mass is 35.5. The van der Waals surface area contributed by atoms with Gasteiger partial charge < -0.3 is 10.1 Å². The lowest BCUT2D eigenvalue weighted by atomic mass is 10.3. The number of benzene rings is 1. The summed E-state index contributed by atoms with van der Waals surface area (Å²) in [6.07, 6.45) is 0. The summed E-state index contributed by atoms with van der Waals surface area (Å²) in [5, 5.41) is 3.70. The highest BCUT2D eigenvalue weighted by Crippen LogP contribution is 2.17. The summed E-state index contributed by atoms with van der Waals surface area (Å²) < 4.78 is 5.37. The van der Waals surface area contributed by atoms with Crippen molar-refractivity contribution >= 4 is 28.9 Å². The maximum Gasteiger partial charge on any atom is 0.121 e. The molecule has 1 aromatic rings. The minimum Gasteiger partial charge on any atom is -0.494 e. The minimum atomic E-state index is 0.515. The summed E-state index contributed by atoms with van der Waals surface area (Å²) in [5.74, 6) is 0.841. The molecule has 0 unspecified atom stereocenters. The van der Waals surface area contributed by atoms with Crippen LogP contribution in [0.15, 0.2) is 34.8 Å². The van der Waals surface area contributed by atoms with Crippen molar-refractivity contribution in [3.63, 3.8) is 0 Å². The van der Waals surface area contributed by atoms with Crippen molar-refractivity contribution in [2.75, 3.05) is 18.5 Å². The van der Waals surface area contributed by atoms with Crippen LogP contribution in [0.1, 0.15) is 6.92 Å². The van der Waals surface area contributed by atoms with Crippen LogP contribution in [0.5, 0.6) is 5.75 Å². The van der Waals surface area contributed by atoms with Crippen LogP contribution in [-0.4, -0.2) is 13.2 Å². The molecule has 15 heavy (non-hydrogen) atoms. The first-order valence-corrected chi connectivity index (χ1v) is 5.49. The molecule has 82 valence electrons. The maximum atomic E-state index is 5.75. The van der Waals surface area contributed by atoms with Crippen LogP contribution >= 0.6 is 23.2 Å². The van der Waals surface area contributed by atoms with Crippen LogP contribution in [0.4, 0.5) is 5.69 Å². The van der Waals surface area contributed by atoms with Gasteiger partial charge in [-0.05, 0) is 19.1 Å². The van der Waals surface area contributed by atoms with E-state index in [1.807, 2.05) is 31.2 Å². The van der Waals surface area contributed by atoms with Crippen LogP contribution in [0.3, 0.4) is 0 Å². The molecule has 0 aliphatic heterocycles. The fraction of sp³-hybridized carbons (Fsp3) is 0.273. The predicted octanol–water partition coefficient (Wildman–Crippen LogP) is 3.82. The van der Waals surface area contributed by atoms with Gasteiger partial charge in [-0.25, -0.2) is 0 Å². The first-order valence-electron chi connectivity index (χ1n) is 4.67. The predicted molar refractivity (Wildman–Crippen MR) is 65.9 cm³/mol. The van der Waals surface area contributed by atoms with Crippen molar-refractivity contribution in [2.45, 2.75) is 6.92 Å². The SMILES string of the molecule is CCOc1cccc(NCC(Cl)=CCl)c1. The van der Waals surface area contributed by atoms with E-state index in [1.165, 1.54) is 5.54 Å². The van der Waals surface area contributed by atoms with Crippen molar-refractivity contribution in [3.8, 4) is 5.75 Å². The van der Waals surface area contributed by atoms with E-state index in [2.05, 4.69) is 5.32 Å². The summed E-state index contributed by atoms with van der Waals surface area (Å²) in [4.78, 5) is 0. The summed E-state index contributed by atoms with van der Waals surface area (Å²) in [5.41, 5.74) is 2.30. The van der Waals surface area contributed by atoms with E-state index in [-0.39, 0.29) is 0 Å². The first-order chi connectivity index (χ1) is 7.26. The van der Waals surface area contributed by atoms with Gasteiger partial charge in [0.2, 0.25) is 0 Å². The van der Waals surface area contributed by atoms with Crippen LogP contribution < -0.4 is 10.1 Å². The van der Waals surface area contributed by atoms with Crippen LogP contribution in [-0.2, 0) is 0 Å². The molecule has 0 aliphatic rings. The lowest BCUT2D eigenvalue weighted by Gasteiger charge is -2.07. The fourth-order valence-corrected chi connectivity index (χ4v) is 1.23. The molecule has 0 spiro atoms. The Morgan fingerprint density at radius 1 is 1.53 bits per heavy atom. The number of rotatable bonds is 5. The van der Waals surface area contributed by atoms with Crippen molar-refractivity contribution in [1.82, 2.24) is 0 Å². The third kappa shape index (κ3) is 4.45. The van der Waals surface area contributed by atoms with Gasteiger partial charge in [0.05, 0.1) is 13.2 Å². The molecule has 0 bridgehead atoms. The molecule has 4 heteroatoms. The summed E-state index contributed by atoms with van der Waals surface area (Å²) in [6, 6.07) is 7.70. The van der Waals surface area contributed by atoms with Gasteiger partial charge in [-0.1, -0.05) is 29.3 Å². The zero-order valence-electron chi connectivity index (χ0n) is 8.47. The summed E-state index contributed by atoms with van der Waals surface area (Å²) in [7, 11) is 0. The number of hydrogen-bond acceptors (Lipinski definition) is 2. The smallest absolute Gasteiger partial charge is 0.121 e.